The molecule has 1 heterocycles. The molecule has 2 N–H and O–H groups in total. The minimum Gasteiger partial charge on any atom is -0.478 e. The first-order chi connectivity index (χ1) is 12.8. The molecule has 0 saturated carbocycles. The van der Waals surface area contributed by atoms with Crippen LogP contribution in [0, 0.1) is 0 Å². The molecular weight excluding hydrogens is 368 g/mol. The molecule has 0 radical (unpaired) electrons. The van der Waals surface area contributed by atoms with Crippen LogP contribution in [0.2, 0.25) is 0 Å². The lowest BCUT2D eigenvalue weighted by Gasteiger charge is -2.05. The number of carboxylic acid groups (broad SMARTS) is 1. The minimum atomic E-state index is -4.39. The first-order valence-corrected chi connectivity index (χ1v) is 9.37. The van der Waals surface area contributed by atoms with E-state index >= 15 is 0 Å². The Morgan fingerprint density at radius 2 is 1.63 bits per heavy atom. The van der Waals surface area contributed by atoms with Crippen molar-refractivity contribution >= 4 is 37.9 Å². The van der Waals surface area contributed by atoms with Gasteiger partial charge in [0.05, 0.1) is 32.9 Å². The number of rotatable bonds is 2. The summed E-state index contributed by atoms with van der Waals surface area (Å²) in [5.74, 6) is -1.07. The molecule has 0 bridgehead atoms. The summed E-state index contributed by atoms with van der Waals surface area (Å²) in [7, 11) is -4.39. The lowest BCUT2D eigenvalue weighted by atomic mass is 10.0. The topological polar surface area (TPSA) is 117 Å². The van der Waals surface area contributed by atoms with Gasteiger partial charge in [0.1, 0.15) is 0 Å². The maximum atomic E-state index is 11.7. The summed E-state index contributed by atoms with van der Waals surface area (Å²) >= 11 is 0. The van der Waals surface area contributed by atoms with Crippen molar-refractivity contribution in [3.63, 3.8) is 0 Å². The number of aromatic carboxylic acids is 1. The molecule has 1 aliphatic rings. The number of aromatic nitrogens is 2. The van der Waals surface area contributed by atoms with Crippen LogP contribution in [-0.4, -0.2) is 34.0 Å². The van der Waals surface area contributed by atoms with Crippen molar-refractivity contribution in [2.24, 2.45) is 0 Å². The molecule has 5 rings (SSSR count). The molecule has 0 saturated heterocycles. The van der Waals surface area contributed by atoms with Gasteiger partial charge in [0.15, 0.2) is 0 Å². The van der Waals surface area contributed by atoms with Crippen LogP contribution in [0.15, 0.2) is 53.4 Å². The van der Waals surface area contributed by atoms with E-state index in [1.54, 1.807) is 18.2 Å². The van der Waals surface area contributed by atoms with Crippen LogP contribution in [0.5, 0.6) is 0 Å². The zero-order valence-electron chi connectivity index (χ0n) is 13.5. The van der Waals surface area contributed by atoms with Crippen molar-refractivity contribution in [3.8, 4) is 22.5 Å². The monoisotopic (exact) mass is 378 g/mol. The summed E-state index contributed by atoms with van der Waals surface area (Å²) in [6.07, 6.45) is 0. The van der Waals surface area contributed by atoms with E-state index in [1.807, 2.05) is 6.07 Å². The van der Waals surface area contributed by atoms with Crippen LogP contribution in [0.3, 0.4) is 0 Å². The van der Waals surface area contributed by atoms with E-state index in [4.69, 9.17) is 0 Å². The van der Waals surface area contributed by atoms with Gasteiger partial charge in [0, 0.05) is 16.5 Å². The van der Waals surface area contributed by atoms with Gasteiger partial charge in [-0.15, -0.1) is 0 Å². The molecule has 4 aromatic rings. The van der Waals surface area contributed by atoms with Crippen LogP contribution in [0.4, 0.5) is 0 Å². The number of hydrogen-bond donors (Lipinski definition) is 2. The van der Waals surface area contributed by atoms with Crippen LogP contribution < -0.4 is 0 Å². The van der Waals surface area contributed by atoms with E-state index in [9.17, 15) is 22.9 Å². The van der Waals surface area contributed by atoms with Gasteiger partial charge in [0.25, 0.3) is 10.1 Å². The molecule has 3 aromatic carbocycles. The smallest absolute Gasteiger partial charge is 0.335 e. The Kier molecular flexibility index (Phi) is 2.99. The first-order valence-electron chi connectivity index (χ1n) is 7.93. The van der Waals surface area contributed by atoms with E-state index in [0.717, 1.165) is 10.9 Å². The van der Waals surface area contributed by atoms with E-state index in [-0.39, 0.29) is 10.5 Å². The Hall–Kier alpha value is -3.36. The largest absolute Gasteiger partial charge is 0.478 e. The van der Waals surface area contributed by atoms with Gasteiger partial charge in [-0.2, -0.15) is 8.42 Å². The zero-order valence-corrected chi connectivity index (χ0v) is 14.4. The zero-order chi connectivity index (χ0) is 18.9. The van der Waals surface area contributed by atoms with Gasteiger partial charge in [-0.05, 0) is 35.7 Å². The van der Waals surface area contributed by atoms with Crippen molar-refractivity contribution in [1.82, 2.24) is 9.97 Å². The maximum absolute atomic E-state index is 11.7. The Morgan fingerprint density at radius 1 is 0.889 bits per heavy atom. The number of fused-ring (bicyclic) bond motifs is 4. The SMILES string of the molecule is O=C(O)c1ccc2nc3c(nc2c1)-c1cc(S(=O)(=O)O)cc2cccc-3c12. The fourth-order valence-electron chi connectivity index (χ4n) is 3.50. The Labute approximate surface area is 152 Å². The normalized spacial score (nSPS) is 12.5. The molecule has 8 heteroatoms. The van der Waals surface area contributed by atoms with Crippen molar-refractivity contribution in [2.45, 2.75) is 4.90 Å². The molecule has 132 valence electrons. The van der Waals surface area contributed by atoms with Crippen LogP contribution in [0.1, 0.15) is 10.4 Å². The Bertz CT molecular complexity index is 1430. The third-order valence-corrected chi connectivity index (χ3v) is 5.50. The predicted octanol–water partition coefficient (Wildman–Crippen LogP) is 3.38. The van der Waals surface area contributed by atoms with Crippen molar-refractivity contribution in [1.29, 1.82) is 0 Å². The third-order valence-electron chi connectivity index (χ3n) is 4.67. The third kappa shape index (κ3) is 2.24. The summed E-state index contributed by atoms with van der Waals surface area (Å²) in [5, 5.41) is 10.6. The summed E-state index contributed by atoms with van der Waals surface area (Å²) in [6, 6.07) is 12.7. The highest BCUT2D eigenvalue weighted by molar-refractivity contribution is 7.85. The summed E-state index contributed by atoms with van der Waals surface area (Å²) in [5.41, 5.74) is 3.44. The van der Waals surface area contributed by atoms with E-state index in [2.05, 4.69) is 9.97 Å². The van der Waals surface area contributed by atoms with Crippen molar-refractivity contribution in [3.05, 3.63) is 54.1 Å². The second-order valence-electron chi connectivity index (χ2n) is 6.28. The molecule has 0 atom stereocenters. The number of benzene rings is 3. The van der Waals surface area contributed by atoms with Crippen LogP contribution >= 0.6 is 0 Å². The van der Waals surface area contributed by atoms with Crippen LogP contribution in [-0.2, 0) is 10.1 Å². The molecule has 1 aromatic heterocycles. The maximum Gasteiger partial charge on any atom is 0.335 e. The average Bonchev–Trinajstić information content (AvgIpc) is 2.93. The molecular formula is C19H10N2O5S. The molecule has 27 heavy (non-hydrogen) atoms. The average molecular weight is 378 g/mol. The molecule has 0 aliphatic heterocycles. The number of nitrogens with zero attached hydrogens (tertiary/aromatic N) is 2. The van der Waals surface area contributed by atoms with Gasteiger partial charge < -0.3 is 5.11 Å². The summed E-state index contributed by atoms with van der Waals surface area (Å²) in [6.45, 7) is 0. The quantitative estimate of drug-likeness (QED) is 0.452. The van der Waals surface area contributed by atoms with Crippen molar-refractivity contribution in [2.75, 3.05) is 0 Å². The van der Waals surface area contributed by atoms with E-state index in [0.29, 0.717) is 33.4 Å². The van der Waals surface area contributed by atoms with Gasteiger partial charge in [-0.25, -0.2) is 14.8 Å². The second kappa shape index (κ2) is 5.09. The minimum absolute atomic E-state index is 0.0871. The molecule has 1 aliphatic carbocycles. The lowest BCUT2D eigenvalue weighted by molar-refractivity contribution is 0.0697. The molecule has 0 amide bonds. The van der Waals surface area contributed by atoms with Gasteiger partial charge in [0.2, 0.25) is 0 Å². The fraction of sp³-hybridized carbons (Fsp3) is 0. The number of carboxylic acids is 1. The summed E-state index contributed by atoms with van der Waals surface area (Å²) < 4.78 is 32.8. The number of carbonyl (C=O) groups is 1. The molecule has 7 nitrogen and oxygen atoms in total. The van der Waals surface area contributed by atoms with E-state index < -0.39 is 16.1 Å². The lowest BCUT2D eigenvalue weighted by Crippen LogP contribution is -1.99. The predicted molar refractivity (Wildman–Crippen MR) is 98.2 cm³/mol. The standard InChI is InChI=1S/C19H10N2O5S/c22-19(23)10-4-5-14-15(7-10)21-18-13-8-11(27(24,25)26)6-9-2-1-3-12(16(9)13)17(18)20-14/h1-8H,(H,22,23)(H,24,25,26). The fourth-order valence-corrected chi connectivity index (χ4v) is 4.04. The highest BCUT2D eigenvalue weighted by Crippen LogP contribution is 2.46. The van der Waals surface area contributed by atoms with Gasteiger partial charge in [-0.1, -0.05) is 18.2 Å². The molecule has 0 unspecified atom stereocenters. The Morgan fingerprint density at radius 3 is 2.37 bits per heavy atom. The summed E-state index contributed by atoms with van der Waals surface area (Å²) in [4.78, 5) is 20.2. The first kappa shape index (κ1) is 15.9. The highest BCUT2D eigenvalue weighted by Gasteiger charge is 2.27. The van der Waals surface area contributed by atoms with Gasteiger partial charge in [-0.3, -0.25) is 4.55 Å². The number of hydrogen-bond acceptors (Lipinski definition) is 5. The molecule has 0 spiro atoms. The molecule has 0 fully saturated rings. The van der Waals surface area contributed by atoms with E-state index in [1.165, 1.54) is 24.3 Å². The highest BCUT2D eigenvalue weighted by atomic mass is 32.2. The van der Waals surface area contributed by atoms with Gasteiger partial charge >= 0.3 is 5.97 Å². The Balaban J connectivity index is 1.90. The van der Waals surface area contributed by atoms with Crippen molar-refractivity contribution < 1.29 is 22.9 Å². The second-order valence-corrected chi connectivity index (χ2v) is 7.70. The van der Waals surface area contributed by atoms with Crippen LogP contribution in [0.25, 0.3) is 44.3 Å².